The highest BCUT2D eigenvalue weighted by Crippen LogP contribution is 2.08. The summed E-state index contributed by atoms with van der Waals surface area (Å²) in [5, 5.41) is 0. The van der Waals surface area contributed by atoms with Crippen LogP contribution in [0.1, 0.15) is 11.1 Å². The van der Waals surface area contributed by atoms with Gasteiger partial charge in [-0.1, -0.05) is 18.2 Å². The van der Waals surface area contributed by atoms with E-state index in [1.54, 1.807) is 30.6 Å². The summed E-state index contributed by atoms with van der Waals surface area (Å²) in [6, 6.07) is 10.9. The number of hydrogen-bond acceptors (Lipinski definition) is 4. The van der Waals surface area contributed by atoms with E-state index in [9.17, 15) is 4.79 Å². The number of carbonyl (C=O) groups excluding carboxylic acids is 1. The van der Waals surface area contributed by atoms with Gasteiger partial charge in [0, 0.05) is 23.6 Å². The normalized spacial score (nSPS) is 10.0. The lowest BCUT2D eigenvalue weighted by molar-refractivity contribution is -0.144. The Morgan fingerprint density at radius 3 is 2.78 bits per heavy atom. The van der Waals surface area contributed by atoms with Crippen molar-refractivity contribution in [1.82, 2.24) is 4.98 Å². The van der Waals surface area contributed by atoms with Crippen molar-refractivity contribution in [2.24, 2.45) is 0 Å². The van der Waals surface area contributed by atoms with Crippen LogP contribution in [0.4, 0.5) is 5.69 Å². The number of esters is 1. The van der Waals surface area contributed by atoms with Gasteiger partial charge in [0.25, 0.3) is 0 Å². The number of aromatic nitrogens is 1. The van der Waals surface area contributed by atoms with Gasteiger partial charge in [0.05, 0.1) is 6.42 Å². The minimum absolute atomic E-state index is 0.227. The summed E-state index contributed by atoms with van der Waals surface area (Å²) in [7, 11) is 0. The van der Waals surface area contributed by atoms with Crippen molar-refractivity contribution in [3.63, 3.8) is 0 Å². The van der Waals surface area contributed by atoms with Crippen LogP contribution in [0.5, 0.6) is 0 Å². The second-order valence-corrected chi connectivity index (χ2v) is 3.94. The summed E-state index contributed by atoms with van der Waals surface area (Å²) in [6.07, 6.45) is 3.58. The van der Waals surface area contributed by atoms with Crippen molar-refractivity contribution < 1.29 is 9.53 Å². The van der Waals surface area contributed by atoms with Crippen LogP contribution in [0.3, 0.4) is 0 Å². The highest BCUT2D eigenvalue weighted by Gasteiger charge is 2.05. The Bertz CT molecular complexity index is 526. The summed E-state index contributed by atoms with van der Waals surface area (Å²) in [4.78, 5) is 15.6. The van der Waals surface area contributed by atoms with E-state index < -0.39 is 0 Å². The van der Waals surface area contributed by atoms with Crippen LogP contribution in [0.25, 0.3) is 0 Å². The number of nitrogen functional groups attached to an aromatic ring is 1. The van der Waals surface area contributed by atoms with Gasteiger partial charge in [0.15, 0.2) is 0 Å². The van der Waals surface area contributed by atoms with Crippen LogP contribution in [0, 0.1) is 0 Å². The van der Waals surface area contributed by atoms with Gasteiger partial charge in [0.1, 0.15) is 6.61 Å². The molecule has 0 unspecified atom stereocenters. The summed E-state index contributed by atoms with van der Waals surface area (Å²) in [5.41, 5.74) is 8.01. The predicted octanol–water partition coefficient (Wildman–Crippen LogP) is 1.95. The van der Waals surface area contributed by atoms with Crippen molar-refractivity contribution in [1.29, 1.82) is 0 Å². The van der Waals surface area contributed by atoms with E-state index in [0.717, 1.165) is 11.1 Å². The third kappa shape index (κ3) is 3.59. The topological polar surface area (TPSA) is 65.2 Å². The van der Waals surface area contributed by atoms with Crippen LogP contribution in [-0.2, 0) is 22.6 Å². The lowest BCUT2D eigenvalue weighted by atomic mass is 10.1. The largest absolute Gasteiger partial charge is 0.460 e. The third-order valence-corrected chi connectivity index (χ3v) is 2.42. The van der Waals surface area contributed by atoms with Gasteiger partial charge in [-0.2, -0.15) is 0 Å². The summed E-state index contributed by atoms with van der Waals surface area (Å²) < 4.78 is 5.15. The van der Waals surface area contributed by atoms with Crippen LogP contribution in [-0.4, -0.2) is 11.0 Å². The fourth-order valence-electron chi connectivity index (χ4n) is 1.57. The molecule has 4 heteroatoms. The van der Waals surface area contributed by atoms with Gasteiger partial charge in [-0.25, -0.2) is 0 Å². The molecule has 0 aliphatic carbocycles. The zero-order chi connectivity index (χ0) is 12.8. The third-order valence-electron chi connectivity index (χ3n) is 2.42. The van der Waals surface area contributed by atoms with Crippen molar-refractivity contribution in [2.75, 3.05) is 5.73 Å². The first kappa shape index (κ1) is 12.1. The second kappa shape index (κ2) is 5.82. The average Bonchev–Trinajstić information content (AvgIpc) is 2.38. The minimum atomic E-state index is -0.274. The Balaban J connectivity index is 1.86. The molecule has 2 aromatic rings. The summed E-state index contributed by atoms with van der Waals surface area (Å²) in [6.45, 7) is 0.245. The number of hydrogen-bond donors (Lipinski definition) is 1. The van der Waals surface area contributed by atoms with Crippen LogP contribution in [0.2, 0.25) is 0 Å². The van der Waals surface area contributed by atoms with Gasteiger partial charge >= 0.3 is 5.97 Å². The molecule has 1 heterocycles. The van der Waals surface area contributed by atoms with Crippen molar-refractivity contribution in [3.05, 3.63) is 59.9 Å². The lowest BCUT2D eigenvalue weighted by Crippen LogP contribution is -2.08. The smallest absolute Gasteiger partial charge is 0.310 e. The number of nitrogens with two attached hydrogens (primary N) is 1. The first-order valence-corrected chi connectivity index (χ1v) is 5.63. The Hall–Kier alpha value is -2.36. The highest BCUT2D eigenvalue weighted by atomic mass is 16.5. The number of rotatable bonds is 4. The zero-order valence-corrected chi connectivity index (χ0v) is 9.87. The minimum Gasteiger partial charge on any atom is -0.460 e. The molecule has 1 aromatic carbocycles. The molecular weight excluding hydrogens is 228 g/mol. The molecule has 0 saturated heterocycles. The number of benzene rings is 1. The van der Waals surface area contributed by atoms with Crippen molar-refractivity contribution in [3.8, 4) is 0 Å². The molecule has 0 bridgehead atoms. The molecular formula is C14H14N2O2. The maximum atomic E-state index is 11.6. The van der Waals surface area contributed by atoms with E-state index in [2.05, 4.69) is 4.98 Å². The Labute approximate surface area is 105 Å². The van der Waals surface area contributed by atoms with Crippen LogP contribution in [0.15, 0.2) is 48.8 Å². The SMILES string of the molecule is Nc1cccc(CC(=O)OCc2cccnc2)c1. The fourth-order valence-corrected chi connectivity index (χ4v) is 1.57. The first-order valence-electron chi connectivity index (χ1n) is 5.63. The quantitative estimate of drug-likeness (QED) is 0.657. The van der Waals surface area contributed by atoms with Gasteiger partial charge in [-0.05, 0) is 23.8 Å². The van der Waals surface area contributed by atoms with E-state index in [1.807, 2.05) is 18.2 Å². The highest BCUT2D eigenvalue weighted by molar-refractivity contribution is 5.73. The average molecular weight is 242 g/mol. The Morgan fingerprint density at radius 2 is 2.06 bits per heavy atom. The molecule has 0 radical (unpaired) electrons. The molecule has 0 atom stereocenters. The fraction of sp³-hybridized carbons (Fsp3) is 0.143. The van der Waals surface area contributed by atoms with E-state index in [0.29, 0.717) is 5.69 Å². The molecule has 0 fully saturated rings. The molecule has 18 heavy (non-hydrogen) atoms. The number of anilines is 1. The van der Waals surface area contributed by atoms with E-state index >= 15 is 0 Å². The summed E-state index contributed by atoms with van der Waals surface area (Å²) >= 11 is 0. The molecule has 0 saturated carbocycles. The zero-order valence-electron chi connectivity index (χ0n) is 9.87. The predicted molar refractivity (Wildman–Crippen MR) is 68.6 cm³/mol. The van der Waals surface area contributed by atoms with Crippen LogP contribution >= 0.6 is 0 Å². The lowest BCUT2D eigenvalue weighted by Gasteiger charge is -2.05. The molecule has 0 aliphatic rings. The molecule has 2 rings (SSSR count). The Kier molecular flexibility index (Phi) is 3.91. The number of nitrogens with zero attached hydrogens (tertiary/aromatic N) is 1. The van der Waals surface area contributed by atoms with Crippen molar-refractivity contribution in [2.45, 2.75) is 13.0 Å². The van der Waals surface area contributed by atoms with Crippen LogP contribution < -0.4 is 5.73 Å². The molecule has 92 valence electrons. The van der Waals surface area contributed by atoms with E-state index in [1.165, 1.54) is 0 Å². The maximum Gasteiger partial charge on any atom is 0.310 e. The second-order valence-electron chi connectivity index (χ2n) is 3.94. The monoisotopic (exact) mass is 242 g/mol. The number of ether oxygens (including phenoxy) is 1. The molecule has 0 spiro atoms. The maximum absolute atomic E-state index is 11.6. The first-order chi connectivity index (χ1) is 8.74. The Morgan fingerprint density at radius 1 is 1.22 bits per heavy atom. The van der Waals surface area contributed by atoms with E-state index in [4.69, 9.17) is 10.5 Å². The standard InChI is InChI=1S/C14H14N2O2/c15-13-5-1-3-11(7-13)8-14(17)18-10-12-4-2-6-16-9-12/h1-7,9H,8,10,15H2. The van der Waals surface area contributed by atoms with Gasteiger partial charge in [-0.15, -0.1) is 0 Å². The number of pyridine rings is 1. The summed E-state index contributed by atoms with van der Waals surface area (Å²) in [5.74, 6) is -0.274. The van der Waals surface area contributed by atoms with Gasteiger partial charge in [0.2, 0.25) is 0 Å². The molecule has 1 aromatic heterocycles. The van der Waals surface area contributed by atoms with E-state index in [-0.39, 0.29) is 19.0 Å². The molecule has 0 amide bonds. The van der Waals surface area contributed by atoms with Crippen molar-refractivity contribution >= 4 is 11.7 Å². The molecule has 2 N–H and O–H groups in total. The molecule has 0 aliphatic heterocycles. The van der Waals surface area contributed by atoms with Gasteiger partial charge in [-0.3, -0.25) is 9.78 Å². The number of carbonyl (C=O) groups is 1. The van der Waals surface area contributed by atoms with Gasteiger partial charge < -0.3 is 10.5 Å². The molecule has 4 nitrogen and oxygen atoms in total.